The molecule has 1 aliphatic carbocycles. The highest BCUT2D eigenvalue weighted by Gasteiger charge is 2.26. The summed E-state index contributed by atoms with van der Waals surface area (Å²) in [5.41, 5.74) is 5.48. The Balaban J connectivity index is 2.43. The topological polar surface area (TPSA) is 128 Å². The summed E-state index contributed by atoms with van der Waals surface area (Å²) in [7, 11) is 1.22. The molecule has 1 rings (SSSR count). The first-order valence-corrected chi connectivity index (χ1v) is 7.91. The summed E-state index contributed by atoms with van der Waals surface area (Å²) in [5, 5.41) is 11.1. The molecule has 1 aliphatic rings. The molecule has 0 aromatic heterocycles. The number of methoxy groups -OCH3 is 1. The van der Waals surface area contributed by atoms with Gasteiger partial charge in [-0.25, -0.2) is 4.79 Å². The van der Waals surface area contributed by atoms with Crippen molar-refractivity contribution in [3.8, 4) is 0 Å². The fourth-order valence-electron chi connectivity index (χ4n) is 2.54. The number of esters is 1. The Hall–Kier alpha value is -1.67. The van der Waals surface area contributed by atoms with Crippen molar-refractivity contribution in [2.75, 3.05) is 13.7 Å². The first-order chi connectivity index (χ1) is 10.9. The zero-order valence-electron chi connectivity index (χ0n) is 13.5. The van der Waals surface area contributed by atoms with Crippen molar-refractivity contribution >= 4 is 17.8 Å². The van der Waals surface area contributed by atoms with Crippen molar-refractivity contribution in [3.05, 3.63) is 0 Å². The summed E-state index contributed by atoms with van der Waals surface area (Å²) in [4.78, 5) is 34.1. The normalized spacial score (nSPS) is 18.0. The van der Waals surface area contributed by atoms with Crippen LogP contribution in [0.1, 0.15) is 44.9 Å². The third-order valence-corrected chi connectivity index (χ3v) is 3.85. The SMILES string of the molecule is COC(=O)[C@H](CCOC1CCCCC1)NC(=O)[C@@H](N)CC(=O)O. The molecule has 0 saturated heterocycles. The van der Waals surface area contributed by atoms with Gasteiger partial charge >= 0.3 is 11.9 Å². The van der Waals surface area contributed by atoms with Crippen LogP contribution in [-0.4, -0.2) is 54.9 Å². The summed E-state index contributed by atoms with van der Waals surface area (Å²) < 4.78 is 10.4. The lowest BCUT2D eigenvalue weighted by molar-refractivity contribution is -0.146. The minimum absolute atomic E-state index is 0.201. The highest BCUT2D eigenvalue weighted by molar-refractivity contribution is 5.89. The van der Waals surface area contributed by atoms with Crippen LogP contribution in [0.25, 0.3) is 0 Å². The number of hydrogen-bond acceptors (Lipinski definition) is 6. The number of carbonyl (C=O) groups is 3. The van der Waals surface area contributed by atoms with Gasteiger partial charge in [-0.05, 0) is 12.8 Å². The van der Waals surface area contributed by atoms with Gasteiger partial charge in [-0.15, -0.1) is 0 Å². The van der Waals surface area contributed by atoms with Crippen LogP contribution in [0.4, 0.5) is 0 Å². The molecular weight excluding hydrogens is 304 g/mol. The number of amides is 1. The van der Waals surface area contributed by atoms with Gasteiger partial charge in [0.05, 0.1) is 25.7 Å². The minimum Gasteiger partial charge on any atom is -0.481 e. The maximum absolute atomic E-state index is 11.8. The van der Waals surface area contributed by atoms with Gasteiger partial charge in [0.2, 0.25) is 5.91 Å². The molecule has 1 amide bonds. The zero-order chi connectivity index (χ0) is 17.2. The van der Waals surface area contributed by atoms with Crippen LogP contribution in [0.2, 0.25) is 0 Å². The molecule has 0 unspecified atom stereocenters. The molecule has 2 atom stereocenters. The summed E-state index contributed by atoms with van der Waals surface area (Å²) in [6.45, 7) is 0.318. The summed E-state index contributed by atoms with van der Waals surface area (Å²) in [5.74, 6) is -2.48. The smallest absolute Gasteiger partial charge is 0.328 e. The average Bonchev–Trinajstić information content (AvgIpc) is 2.53. The molecular formula is C15H26N2O6. The van der Waals surface area contributed by atoms with Crippen molar-refractivity contribution in [1.82, 2.24) is 5.32 Å². The van der Waals surface area contributed by atoms with E-state index in [0.29, 0.717) is 6.61 Å². The maximum Gasteiger partial charge on any atom is 0.328 e. The Morgan fingerprint density at radius 3 is 2.48 bits per heavy atom. The van der Waals surface area contributed by atoms with Crippen molar-refractivity contribution in [2.24, 2.45) is 5.73 Å². The molecule has 23 heavy (non-hydrogen) atoms. The predicted molar refractivity (Wildman–Crippen MR) is 81.6 cm³/mol. The number of nitrogens with two attached hydrogens (primary N) is 1. The molecule has 1 fully saturated rings. The number of hydrogen-bond donors (Lipinski definition) is 3. The number of nitrogens with one attached hydrogen (secondary N) is 1. The molecule has 132 valence electrons. The van der Waals surface area contributed by atoms with Gasteiger partial charge in [0.15, 0.2) is 0 Å². The quantitative estimate of drug-likeness (QED) is 0.515. The van der Waals surface area contributed by atoms with Crippen LogP contribution in [0.15, 0.2) is 0 Å². The third-order valence-electron chi connectivity index (χ3n) is 3.85. The van der Waals surface area contributed by atoms with Crippen LogP contribution in [0.5, 0.6) is 0 Å². The average molecular weight is 330 g/mol. The first-order valence-electron chi connectivity index (χ1n) is 7.91. The molecule has 0 aromatic rings. The van der Waals surface area contributed by atoms with E-state index >= 15 is 0 Å². The predicted octanol–water partition coefficient (Wildman–Crippen LogP) is 0.186. The van der Waals surface area contributed by atoms with Gasteiger partial charge in [-0.3, -0.25) is 9.59 Å². The lowest BCUT2D eigenvalue weighted by Gasteiger charge is -2.23. The van der Waals surface area contributed by atoms with E-state index in [4.69, 9.17) is 15.6 Å². The molecule has 0 heterocycles. The second kappa shape index (κ2) is 10.2. The Kier molecular flexibility index (Phi) is 8.57. The summed E-state index contributed by atoms with van der Waals surface area (Å²) >= 11 is 0. The van der Waals surface area contributed by atoms with Crippen molar-refractivity contribution in [3.63, 3.8) is 0 Å². The van der Waals surface area contributed by atoms with Crippen molar-refractivity contribution in [1.29, 1.82) is 0 Å². The Morgan fingerprint density at radius 1 is 1.26 bits per heavy atom. The second-order valence-electron chi connectivity index (χ2n) is 5.71. The summed E-state index contributed by atoms with van der Waals surface area (Å²) in [6.07, 6.45) is 5.50. The standard InChI is InChI=1S/C15H26N2O6/c1-22-15(21)12(17-14(20)11(16)9-13(18)19)7-8-23-10-5-3-2-4-6-10/h10-12H,2-9,16H2,1H3,(H,17,20)(H,18,19)/t11-,12-/m0/s1. The third kappa shape index (κ3) is 7.43. The molecule has 8 heteroatoms. The van der Waals surface area contributed by atoms with E-state index in [1.54, 1.807) is 0 Å². The van der Waals surface area contributed by atoms with E-state index in [0.717, 1.165) is 25.7 Å². The highest BCUT2D eigenvalue weighted by atomic mass is 16.5. The minimum atomic E-state index is -1.21. The van der Waals surface area contributed by atoms with E-state index in [2.05, 4.69) is 10.1 Å². The fraction of sp³-hybridized carbons (Fsp3) is 0.800. The Morgan fingerprint density at radius 2 is 1.91 bits per heavy atom. The number of carboxylic acids is 1. The maximum atomic E-state index is 11.8. The van der Waals surface area contributed by atoms with Gasteiger partial charge in [-0.2, -0.15) is 0 Å². The van der Waals surface area contributed by atoms with Gasteiger partial charge in [0, 0.05) is 13.0 Å². The fourth-order valence-corrected chi connectivity index (χ4v) is 2.54. The van der Waals surface area contributed by atoms with E-state index < -0.39 is 36.4 Å². The van der Waals surface area contributed by atoms with Crippen LogP contribution in [-0.2, 0) is 23.9 Å². The van der Waals surface area contributed by atoms with Crippen LogP contribution in [0.3, 0.4) is 0 Å². The van der Waals surface area contributed by atoms with Gasteiger partial charge in [0.25, 0.3) is 0 Å². The van der Waals surface area contributed by atoms with E-state index in [9.17, 15) is 14.4 Å². The first kappa shape index (κ1) is 19.4. The Bertz CT molecular complexity index is 409. The lowest BCUT2D eigenvalue weighted by atomic mass is 9.98. The van der Waals surface area contributed by atoms with E-state index in [1.807, 2.05) is 0 Å². The van der Waals surface area contributed by atoms with E-state index in [1.165, 1.54) is 13.5 Å². The van der Waals surface area contributed by atoms with Gasteiger partial charge in [-0.1, -0.05) is 19.3 Å². The van der Waals surface area contributed by atoms with Crippen LogP contribution in [0, 0.1) is 0 Å². The monoisotopic (exact) mass is 330 g/mol. The van der Waals surface area contributed by atoms with Gasteiger partial charge in [0.1, 0.15) is 6.04 Å². The molecule has 0 radical (unpaired) electrons. The van der Waals surface area contributed by atoms with Crippen LogP contribution < -0.4 is 11.1 Å². The number of carbonyl (C=O) groups excluding carboxylic acids is 2. The van der Waals surface area contributed by atoms with Crippen molar-refractivity contribution in [2.45, 2.75) is 63.1 Å². The lowest BCUT2D eigenvalue weighted by Crippen LogP contribution is -2.49. The molecule has 0 aliphatic heterocycles. The molecule has 4 N–H and O–H groups in total. The van der Waals surface area contributed by atoms with Crippen LogP contribution >= 0.6 is 0 Å². The van der Waals surface area contributed by atoms with Gasteiger partial charge < -0.3 is 25.6 Å². The molecule has 1 saturated carbocycles. The van der Waals surface area contributed by atoms with Crippen molar-refractivity contribution < 1.29 is 29.0 Å². The molecule has 0 bridgehead atoms. The Labute approximate surface area is 135 Å². The van der Waals surface area contributed by atoms with E-state index in [-0.39, 0.29) is 12.5 Å². The molecule has 0 aromatic carbocycles. The molecule has 8 nitrogen and oxygen atoms in total. The molecule has 0 spiro atoms. The number of rotatable bonds is 9. The number of carboxylic acid groups (broad SMARTS) is 1. The number of aliphatic carboxylic acids is 1. The zero-order valence-corrected chi connectivity index (χ0v) is 13.5. The highest BCUT2D eigenvalue weighted by Crippen LogP contribution is 2.20. The largest absolute Gasteiger partial charge is 0.481 e. The number of ether oxygens (including phenoxy) is 2. The second-order valence-corrected chi connectivity index (χ2v) is 5.71. The summed E-state index contributed by atoms with van der Waals surface area (Å²) in [6, 6.07) is -2.10.